The third-order valence-electron chi connectivity index (χ3n) is 4.57. The maximum atomic E-state index is 12.7. The summed E-state index contributed by atoms with van der Waals surface area (Å²) in [4.78, 5) is 24.9. The fraction of sp³-hybridized carbons (Fsp3) is 0.261. The zero-order chi connectivity index (χ0) is 22.2. The van der Waals surface area contributed by atoms with Gasteiger partial charge in [-0.2, -0.15) is 5.10 Å². The minimum atomic E-state index is -0.668. The van der Waals surface area contributed by atoms with Gasteiger partial charge in [0.1, 0.15) is 11.8 Å². The van der Waals surface area contributed by atoms with Crippen LogP contribution in [-0.4, -0.2) is 34.2 Å². The van der Waals surface area contributed by atoms with Crippen LogP contribution >= 0.6 is 11.6 Å². The molecule has 3 aromatic rings. The number of carbonyl (C=O) groups is 2. The fourth-order valence-corrected chi connectivity index (χ4v) is 3.03. The summed E-state index contributed by atoms with van der Waals surface area (Å²) in [5.41, 5.74) is 1.71. The van der Waals surface area contributed by atoms with Crippen molar-refractivity contribution in [3.8, 4) is 11.4 Å². The number of carbonyl (C=O) groups excluding carboxylic acids is 2. The Morgan fingerprint density at radius 1 is 1.10 bits per heavy atom. The van der Waals surface area contributed by atoms with Gasteiger partial charge in [-0.3, -0.25) is 9.59 Å². The Morgan fingerprint density at radius 3 is 2.48 bits per heavy atom. The number of rotatable bonds is 9. The molecule has 0 saturated heterocycles. The van der Waals surface area contributed by atoms with Gasteiger partial charge in [-0.15, -0.1) is 0 Å². The summed E-state index contributed by atoms with van der Waals surface area (Å²) < 4.78 is 7.16. The molecule has 2 aromatic carbocycles. The van der Waals surface area contributed by atoms with Gasteiger partial charge in [0, 0.05) is 23.3 Å². The number of para-hydroxylation sites is 1. The maximum absolute atomic E-state index is 12.7. The summed E-state index contributed by atoms with van der Waals surface area (Å²) >= 11 is 5.92. The van der Waals surface area contributed by atoms with Crippen LogP contribution in [0.1, 0.15) is 19.4 Å². The second-order valence-electron chi connectivity index (χ2n) is 7.38. The second-order valence-corrected chi connectivity index (χ2v) is 7.81. The monoisotopic (exact) mass is 440 g/mol. The topological polar surface area (TPSA) is 85.2 Å². The molecule has 31 heavy (non-hydrogen) atoms. The first-order valence-corrected chi connectivity index (χ1v) is 10.3. The van der Waals surface area contributed by atoms with E-state index >= 15 is 0 Å². The third kappa shape index (κ3) is 6.58. The molecular formula is C23H25ClN4O3. The van der Waals surface area contributed by atoms with Gasteiger partial charge in [-0.1, -0.05) is 43.6 Å². The van der Waals surface area contributed by atoms with Crippen LogP contribution in [0.4, 0.5) is 0 Å². The molecule has 0 spiro atoms. The Labute approximate surface area is 186 Å². The van der Waals surface area contributed by atoms with E-state index in [0.717, 1.165) is 11.3 Å². The molecule has 0 aliphatic carbocycles. The number of nitrogens with zero attached hydrogens (tertiary/aromatic N) is 2. The molecule has 3 rings (SSSR count). The van der Waals surface area contributed by atoms with Gasteiger partial charge in [0.2, 0.25) is 5.91 Å². The lowest BCUT2D eigenvalue weighted by molar-refractivity contribution is -0.131. The highest BCUT2D eigenvalue weighted by atomic mass is 35.5. The molecule has 8 heteroatoms. The molecule has 1 heterocycles. The molecule has 1 atom stereocenters. The lowest BCUT2D eigenvalue weighted by atomic mass is 10.0. The molecule has 0 aliphatic rings. The zero-order valence-corrected chi connectivity index (χ0v) is 18.2. The molecule has 162 valence electrons. The molecule has 2 N–H and O–H groups in total. The van der Waals surface area contributed by atoms with Crippen molar-refractivity contribution in [1.29, 1.82) is 0 Å². The number of hydrogen-bond acceptors (Lipinski definition) is 4. The highest BCUT2D eigenvalue weighted by molar-refractivity contribution is 6.30. The van der Waals surface area contributed by atoms with Crippen LogP contribution in [0.5, 0.6) is 5.75 Å². The van der Waals surface area contributed by atoms with Crippen molar-refractivity contribution in [3.63, 3.8) is 0 Å². The molecule has 0 fully saturated rings. The normalized spacial score (nSPS) is 11.7. The van der Waals surface area contributed by atoms with Gasteiger partial charge < -0.3 is 15.4 Å². The van der Waals surface area contributed by atoms with Crippen molar-refractivity contribution in [3.05, 3.63) is 77.6 Å². The van der Waals surface area contributed by atoms with E-state index in [-0.39, 0.29) is 24.3 Å². The predicted molar refractivity (Wildman–Crippen MR) is 119 cm³/mol. The van der Waals surface area contributed by atoms with Crippen LogP contribution in [0.25, 0.3) is 5.69 Å². The van der Waals surface area contributed by atoms with Gasteiger partial charge in [0.05, 0.1) is 11.9 Å². The van der Waals surface area contributed by atoms with E-state index in [0.29, 0.717) is 17.3 Å². The van der Waals surface area contributed by atoms with Gasteiger partial charge in [0.15, 0.2) is 6.61 Å². The number of ether oxygens (including phenoxy) is 1. The van der Waals surface area contributed by atoms with Gasteiger partial charge in [0.25, 0.3) is 5.91 Å². The Morgan fingerprint density at radius 2 is 1.81 bits per heavy atom. The fourth-order valence-electron chi connectivity index (χ4n) is 2.90. The largest absolute Gasteiger partial charge is 0.484 e. The number of aromatic nitrogens is 2. The standard InChI is InChI=1S/C23H25ClN4O3/c1-16(2)22(27-21(29)15-31-20-6-4-3-5-7-20)23(30)25-12-17-13-26-28(14-17)19-10-8-18(24)9-11-19/h3-11,13-14,16,22H,12,15H2,1-2H3,(H,25,30)(H,27,29). The van der Waals surface area contributed by atoms with Crippen LogP contribution in [0.3, 0.4) is 0 Å². The SMILES string of the molecule is CC(C)C(NC(=O)COc1ccccc1)C(=O)NCc1cnn(-c2ccc(Cl)cc2)c1. The Balaban J connectivity index is 1.52. The van der Waals surface area contributed by atoms with Crippen LogP contribution in [-0.2, 0) is 16.1 Å². The number of amides is 2. The first-order chi connectivity index (χ1) is 14.9. The number of hydrogen-bond donors (Lipinski definition) is 2. The van der Waals surface area contributed by atoms with Crippen molar-refractivity contribution < 1.29 is 14.3 Å². The first-order valence-electron chi connectivity index (χ1n) is 9.97. The third-order valence-corrected chi connectivity index (χ3v) is 4.82. The van der Waals surface area contributed by atoms with E-state index < -0.39 is 6.04 Å². The smallest absolute Gasteiger partial charge is 0.258 e. The van der Waals surface area contributed by atoms with Crippen LogP contribution in [0.15, 0.2) is 67.0 Å². The van der Waals surface area contributed by atoms with Crippen LogP contribution in [0.2, 0.25) is 5.02 Å². The Bertz CT molecular complexity index is 1000. The van der Waals surface area contributed by atoms with Gasteiger partial charge in [-0.05, 0) is 42.3 Å². The lowest BCUT2D eigenvalue weighted by Crippen LogP contribution is -2.50. The second kappa shape index (κ2) is 10.6. The minimum absolute atomic E-state index is 0.0857. The molecule has 7 nitrogen and oxygen atoms in total. The highest BCUT2D eigenvalue weighted by Crippen LogP contribution is 2.13. The quantitative estimate of drug-likeness (QED) is 0.534. The predicted octanol–water partition coefficient (Wildman–Crippen LogP) is 3.36. The zero-order valence-electron chi connectivity index (χ0n) is 17.4. The summed E-state index contributed by atoms with van der Waals surface area (Å²) in [6.45, 7) is 3.89. The molecule has 1 aromatic heterocycles. The summed E-state index contributed by atoms with van der Waals surface area (Å²) in [7, 11) is 0. The van der Waals surface area contributed by atoms with E-state index in [2.05, 4.69) is 15.7 Å². The summed E-state index contributed by atoms with van der Waals surface area (Å²) in [5, 5.41) is 10.6. The van der Waals surface area contributed by atoms with Crippen molar-refractivity contribution >= 4 is 23.4 Å². The molecule has 0 bridgehead atoms. The average Bonchev–Trinajstić information content (AvgIpc) is 3.24. The van der Waals surface area contributed by atoms with Crippen molar-refractivity contribution in [2.75, 3.05) is 6.61 Å². The number of nitrogens with one attached hydrogen (secondary N) is 2. The maximum Gasteiger partial charge on any atom is 0.258 e. The summed E-state index contributed by atoms with van der Waals surface area (Å²) in [6.07, 6.45) is 3.52. The van der Waals surface area contributed by atoms with Crippen molar-refractivity contribution in [2.24, 2.45) is 5.92 Å². The molecular weight excluding hydrogens is 416 g/mol. The van der Waals surface area contributed by atoms with E-state index in [1.807, 2.05) is 50.4 Å². The average molecular weight is 441 g/mol. The van der Waals surface area contributed by atoms with E-state index in [1.165, 1.54) is 0 Å². The van der Waals surface area contributed by atoms with E-state index in [1.54, 1.807) is 35.1 Å². The lowest BCUT2D eigenvalue weighted by Gasteiger charge is -2.21. The van der Waals surface area contributed by atoms with E-state index in [9.17, 15) is 9.59 Å². The minimum Gasteiger partial charge on any atom is -0.484 e. The molecule has 0 aliphatic heterocycles. The molecule has 1 unspecified atom stereocenters. The molecule has 2 amide bonds. The van der Waals surface area contributed by atoms with Crippen molar-refractivity contribution in [1.82, 2.24) is 20.4 Å². The Hall–Kier alpha value is -3.32. The van der Waals surface area contributed by atoms with Crippen LogP contribution in [0, 0.1) is 5.92 Å². The van der Waals surface area contributed by atoms with Crippen LogP contribution < -0.4 is 15.4 Å². The van der Waals surface area contributed by atoms with E-state index in [4.69, 9.17) is 16.3 Å². The Kier molecular flexibility index (Phi) is 7.67. The van der Waals surface area contributed by atoms with Crippen molar-refractivity contribution in [2.45, 2.75) is 26.4 Å². The van der Waals surface area contributed by atoms with Gasteiger partial charge in [-0.25, -0.2) is 4.68 Å². The number of benzene rings is 2. The molecule has 0 saturated carbocycles. The summed E-state index contributed by atoms with van der Waals surface area (Å²) in [6, 6.07) is 15.7. The number of halogens is 1. The first kappa shape index (κ1) is 22.4. The summed E-state index contributed by atoms with van der Waals surface area (Å²) in [5.74, 6) is -0.103. The molecule has 0 radical (unpaired) electrons. The highest BCUT2D eigenvalue weighted by Gasteiger charge is 2.24. The van der Waals surface area contributed by atoms with Gasteiger partial charge >= 0.3 is 0 Å².